The molecule has 0 aromatic carbocycles. The first-order valence-corrected chi connectivity index (χ1v) is 7.83. The molecule has 1 fully saturated rings. The Bertz CT molecular complexity index is 615. The maximum atomic E-state index is 11.9. The van der Waals surface area contributed by atoms with Crippen LogP contribution in [-0.2, 0) is 9.59 Å². The van der Waals surface area contributed by atoms with Gasteiger partial charge in [0.1, 0.15) is 11.1 Å². The number of hydrogen-bond donors (Lipinski definition) is 2. The van der Waals surface area contributed by atoms with Crippen LogP contribution in [0.4, 0.5) is 5.00 Å². The molecule has 0 aliphatic heterocycles. The quantitative estimate of drug-likeness (QED) is 0.876. The van der Waals surface area contributed by atoms with Crippen LogP contribution >= 0.6 is 11.3 Å². The smallest absolute Gasteiger partial charge is 0.226 e. The number of anilines is 1. The molecule has 2 rings (SSSR count). The molecular weight excluding hydrogens is 286 g/mol. The van der Waals surface area contributed by atoms with Crippen LogP contribution in [0.25, 0.3) is 0 Å². The number of aryl methyl sites for hydroxylation is 1. The van der Waals surface area contributed by atoms with Crippen molar-refractivity contribution in [2.75, 3.05) is 11.9 Å². The second kappa shape index (κ2) is 6.27. The van der Waals surface area contributed by atoms with Gasteiger partial charge in [0.05, 0.1) is 5.56 Å². The van der Waals surface area contributed by atoms with Crippen molar-refractivity contribution in [2.45, 2.75) is 33.6 Å². The Morgan fingerprint density at radius 2 is 2.10 bits per heavy atom. The lowest BCUT2D eigenvalue weighted by molar-refractivity contribution is -0.122. The van der Waals surface area contributed by atoms with E-state index in [0.717, 1.165) is 16.9 Å². The van der Waals surface area contributed by atoms with Gasteiger partial charge in [0, 0.05) is 23.8 Å². The van der Waals surface area contributed by atoms with Gasteiger partial charge in [-0.05, 0) is 31.7 Å². The Morgan fingerprint density at radius 3 is 2.67 bits per heavy atom. The zero-order chi connectivity index (χ0) is 15.6. The maximum Gasteiger partial charge on any atom is 0.226 e. The Labute approximate surface area is 128 Å². The molecule has 0 bridgehead atoms. The number of carbonyl (C=O) groups excluding carboxylic acids is 2. The van der Waals surface area contributed by atoms with Gasteiger partial charge in [-0.1, -0.05) is 6.92 Å². The van der Waals surface area contributed by atoms with Crippen molar-refractivity contribution in [3.63, 3.8) is 0 Å². The second-order valence-electron chi connectivity index (χ2n) is 5.51. The lowest BCUT2D eigenvalue weighted by Gasteiger charge is -2.05. The van der Waals surface area contributed by atoms with Crippen molar-refractivity contribution in [3.05, 3.63) is 16.0 Å². The van der Waals surface area contributed by atoms with E-state index < -0.39 is 0 Å². The van der Waals surface area contributed by atoms with Gasteiger partial charge in [0.2, 0.25) is 11.8 Å². The predicted octanol–water partition coefficient (Wildman–Crippen LogP) is 2.34. The largest absolute Gasteiger partial charge is 0.355 e. The molecule has 0 radical (unpaired) electrons. The number of nitrogens with zero attached hydrogens (tertiary/aromatic N) is 1. The molecule has 5 nitrogen and oxygen atoms in total. The number of amides is 2. The fourth-order valence-corrected chi connectivity index (χ4v) is 3.18. The number of rotatable bonds is 5. The number of nitriles is 1. The fourth-order valence-electron chi connectivity index (χ4n) is 2.16. The summed E-state index contributed by atoms with van der Waals surface area (Å²) >= 11 is 1.41. The summed E-state index contributed by atoms with van der Waals surface area (Å²) in [4.78, 5) is 24.5. The normalized spacial score (nSPS) is 19.7. The van der Waals surface area contributed by atoms with Crippen LogP contribution in [0.3, 0.4) is 0 Å². The molecule has 2 N–H and O–H groups in total. The van der Waals surface area contributed by atoms with E-state index in [-0.39, 0.29) is 24.2 Å². The first-order chi connectivity index (χ1) is 9.93. The minimum Gasteiger partial charge on any atom is -0.355 e. The SMILES string of the molecule is Cc1sc(NC(=O)CCNC(=O)[C@H]2C[C@@H]2C)c(C#N)c1C. The van der Waals surface area contributed by atoms with Gasteiger partial charge >= 0.3 is 0 Å². The first kappa shape index (κ1) is 15.5. The van der Waals surface area contributed by atoms with Crippen LogP contribution < -0.4 is 10.6 Å². The Kier molecular flexibility index (Phi) is 4.63. The van der Waals surface area contributed by atoms with Gasteiger partial charge in [-0.25, -0.2) is 0 Å². The number of carbonyl (C=O) groups is 2. The van der Waals surface area contributed by atoms with Crippen LogP contribution in [0.2, 0.25) is 0 Å². The topological polar surface area (TPSA) is 82.0 Å². The monoisotopic (exact) mass is 305 g/mol. The van der Waals surface area contributed by atoms with Gasteiger partial charge in [-0.15, -0.1) is 11.3 Å². The average molecular weight is 305 g/mol. The van der Waals surface area contributed by atoms with Gasteiger partial charge in [0.15, 0.2) is 0 Å². The maximum absolute atomic E-state index is 11.9. The van der Waals surface area contributed by atoms with Gasteiger partial charge in [-0.2, -0.15) is 5.26 Å². The summed E-state index contributed by atoms with van der Waals surface area (Å²) in [5, 5.41) is 15.2. The van der Waals surface area contributed by atoms with Gasteiger partial charge < -0.3 is 10.6 Å². The molecule has 1 saturated carbocycles. The molecule has 0 unspecified atom stereocenters. The molecule has 21 heavy (non-hydrogen) atoms. The summed E-state index contributed by atoms with van der Waals surface area (Å²) in [7, 11) is 0. The van der Waals surface area contributed by atoms with E-state index >= 15 is 0 Å². The molecule has 6 heteroatoms. The van der Waals surface area contributed by atoms with Crippen molar-refractivity contribution in [1.82, 2.24) is 5.32 Å². The van der Waals surface area contributed by atoms with Crippen molar-refractivity contribution < 1.29 is 9.59 Å². The van der Waals surface area contributed by atoms with Crippen LogP contribution in [0, 0.1) is 37.0 Å². The van der Waals surface area contributed by atoms with Crippen molar-refractivity contribution in [2.24, 2.45) is 11.8 Å². The van der Waals surface area contributed by atoms with E-state index in [1.54, 1.807) is 0 Å². The van der Waals surface area contributed by atoms with E-state index in [1.807, 2.05) is 20.8 Å². The van der Waals surface area contributed by atoms with Crippen LogP contribution in [0.1, 0.15) is 35.8 Å². The summed E-state index contributed by atoms with van der Waals surface area (Å²) < 4.78 is 0. The van der Waals surface area contributed by atoms with E-state index in [4.69, 9.17) is 5.26 Å². The molecule has 1 aliphatic carbocycles. The molecule has 2 amide bonds. The molecule has 2 atom stereocenters. The summed E-state index contributed by atoms with van der Waals surface area (Å²) in [5.74, 6) is 0.447. The Morgan fingerprint density at radius 1 is 1.43 bits per heavy atom. The van der Waals surface area contributed by atoms with Gasteiger partial charge in [-0.3, -0.25) is 9.59 Å². The molecule has 1 heterocycles. The van der Waals surface area contributed by atoms with Gasteiger partial charge in [0.25, 0.3) is 0 Å². The lowest BCUT2D eigenvalue weighted by atomic mass is 10.2. The highest BCUT2D eigenvalue weighted by atomic mass is 32.1. The van der Waals surface area contributed by atoms with Crippen LogP contribution in [-0.4, -0.2) is 18.4 Å². The highest BCUT2D eigenvalue weighted by molar-refractivity contribution is 7.16. The lowest BCUT2D eigenvalue weighted by Crippen LogP contribution is -2.29. The molecule has 1 aromatic rings. The van der Waals surface area contributed by atoms with Crippen molar-refractivity contribution in [1.29, 1.82) is 5.26 Å². The highest BCUT2D eigenvalue weighted by Gasteiger charge is 2.38. The number of thiophene rings is 1. The van der Waals surface area contributed by atoms with Crippen LogP contribution in [0.15, 0.2) is 0 Å². The third-order valence-corrected chi connectivity index (χ3v) is 4.97. The highest BCUT2D eigenvalue weighted by Crippen LogP contribution is 2.37. The Balaban J connectivity index is 1.81. The van der Waals surface area contributed by atoms with Crippen molar-refractivity contribution >= 4 is 28.2 Å². The summed E-state index contributed by atoms with van der Waals surface area (Å²) in [6.07, 6.45) is 1.16. The number of hydrogen-bond acceptors (Lipinski definition) is 4. The molecule has 0 spiro atoms. The average Bonchev–Trinajstić information content (AvgIpc) is 3.09. The third kappa shape index (κ3) is 3.61. The molecule has 1 aliphatic rings. The summed E-state index contributed by atoms with van der Waals surface area (Å²) in [6, 6.07) is 2.12. The number of nitrogens with one attached hydrogen (secondary N) is 2. The second-order valence-corrected chi connectivity index (χ2v) is 6.73. The van der Waals surface area contributed by atoms with E-state index in [0.29, 0.717) is 23.0 Å². The van der Waals surface area contributed by atoms with E-state index in [2.05, 4.69) is 16.7 Å². The summed E-state index contributed by atoms with van der Waals surface area (Å²) in [6.45, 7) is 6.17. The summed E-state index contributed by atoms with van der Waals surface area (Å²) in [5.41, 5.74) is 1.44. The van der Waals surface area contributed by atoms with Crippen LogP contribution in [0.5, 0.6) is 0 Å². The predicted molar refractivity (Wildman–Crippen MR) is 82.0 cm³/mol. The third-order valence-electron chi connectivity index (χ3n) is 3.85. The zero-order valence-electron chi connectivity index (χ0n) is 12.4. The van der Waals surface area contributed by atoms with E-state index in [9.17, 15) is 9.59 Å². The molecule has 0 saturated heterocycles. The molecule has 112 valence electrons. The standard InChI is InChI=1S/C15H19N3O2S/c1-8-6-11(8)14(20)17-5-4-13(19)18-15-12(7-16)9(2)10(3)21-15/h8,11H,4-6H2,1-3H3,(H,17,20)(H,18,19)/t8-,11-/m0/s1. The first-order valence-electron chi connectivity index (χ1n) is 7.01. The van der Waals surface area contributed by atoms with E-state index in [1.165, 1.54) is 11.3 Å². The fraction of sp³-hybridized carbons (Fsp3) is 0.533. The minimum absolute atomic E-state index is 0.0378. The minimum atomic E-state index is -0.183. The zero-order valence-corrected chi connectivity index (χ0v) is 13.3. The molecular formula is C15H19N3O2S. The Hall–Kier alpha value is -1.87. The van der Waals surface area contributed by atoms with Crippen molar-refractivity contribution in [3.8, 4) is 6.07 Å². The molecule has 1 aromatic heterocycles.